The molecule has 0 atom stereocenters. The van der Waals surface area contributed by atoms with Crippen LogP contribution in [0.1, 0.15) is 21.6 Å². The number of nitrogens with zero attached hydrogens (tertiary/aromatic N) is 1. The molecule has 146 valence electrons. The number of rotatable bonds is 4. The number of carbonyl (C=O) groups is 1. The van der Waals surface area contributed by atoms with Gasteiger partial charge in [-0.3, -0.25) is 4.79 Å². The predicted molar refractivity (Wildman–Crippen MR) is 103 cm³/mol. The van der Waals surface area contributed by atoms with E-state index in [4.69, 9.17) is 14.2 Å². The maximum Gasteiger partial charge on any atom is 0.254 e. The molecule has 1 aliphatic heterocycles. The summed E-state index contributed by atoms with van der Waals surface area (Å²) in [6.45, 7) is 0.979. The molecule has 0 bridgehead atoms. The van der Waals surface area contributed by atoms with Gasteiger partial charge in [0, 0.05) is 28.7 Å². The number of nitrogens with one attached hydrogen (secondary N) is 1. The SMILES string of the molecule is COc1cc(C(=O)N2CCc3c([nH]c4ccc(F)cc34)C2)cc(OC)c1OC. The van der Waals surface area contributed by atoms with Crippen LogP contribution in [0, 0.1) is 5.82 Å². The molecule has 4 rings (SSSR count). The number of aromatic amines is 1. The predicted octanol–water partition coefficient (Wildman–Crippen LogP) is 3.53. The Kier molecular flexibility index (Phi) is 4.58. The summed E-state index contributed by atoms with van der Waals surface area (Å²) in [7, 11) is 4.55. The lowest BCUT2D eigenvalue weighted by atomic mass is 10.0. The molecule has 28 heavy (non-hydrogen) atoms. The van der Waals surface area contributed by atoms with Gasteiger partial charge in [0.1, 0.15) is 5.82 Å². The van der Waals surface area contributed by atoms with Gasteiger partial charge in [0.05, 0.1) is 27.9 Å². The molecule has 0 fully saturated rings. The Labute approximate surface area is 161 Å². The van der Waals surface area contributed by atoms with Crippen LogP contribution in [0.3, 0.4) is 0 Å². The smallest absolute Gasteiger partial charge is 0.254 e. The molecule has 1 amide bonds. The summed E-state index contributed by atoms with van der Waals surface area (Å²) in [6, 6.07) is 8.01. The molecule has 0 spiro atoms. The number of amides is 1. The summed E-state index contributed by atoms with van der Waals surface area (Å²) < 4.78 is 29.6. The summed E-state index contributed by atoms with van der Waals surface area (Å²) in [5.74, 6) is 0.924. The molecule has 6 nitrogen and oxygen atoms in total. The van der Waals surface area contributed by atoms with Crippen molar-refractivity contribution in [1.29, 1.82) is 0 Å². The highest BCUT2D eigenvalue weighted by atomic mass is 19.1. The Hall–Kier alpha value is -3.22. The number of halogens is 1. The zero-order chi connectivity index (χ0) is 19.8. The van der Waals surface area contributed by atoms with Crippen molar-refractivity contribution in [3.63, 3.8) is 0 Å². The summed E-state index contributed by atoms with van der Waals surface area (Å²) in [6.07, 6.45) is 0.662. The summed E-state index contributed by atoms with van der Waals surface area (Å²) in [5.41, 5.74) is 3.35. The monoisotopic (exact) mass is 384 g/mol. The van der Waals surface area contributed by atoms with E-state index in [1.807, 2.05) is 0 Å². The van der Waals surface area contributed by atoms with Crippen LogP contribution in [-0.2, 0) is 13.0 Å². The number of hydrogen-bond donors (Lipinski definition) is 1. The van der Waals surface area contributed by atoms with E-state index in [9.17, 15) is 9.18 Å². The standard InChI is InChI=1S/C21H21FN2O4/c1-26-18-8-12(9-19(27-2)20(18)28-3)21(25)24-7-6-14-15-10-13(22)4-5-16(15)23-17(14)11-24/h4-5,8-10,23H,6-7,11H2,1-3H3. The number of ether oxygens (including phenoxy) is 3. The summed E-state index contributed by atoms with van der Waals surface area (Å²) >= 11 is 0. The Morgan fingerprint density at radius 2 is 1.79 bits per heavy atom. The second-order valence-electron chi connectivity index (χ2n) is 6.66. The van der Waals surface area contributed by atoms with E-state index in [1.54, 1.807) is 29.2 Å². The summed E-state index contributed by atoms with van der Waals surface area (Å²) in [4.78, 5) is 18.2. The number of carbonyl (C=O) groups excluding carboxylic acids is 1. The van der Waals surface area contributed by atoms with Crippen molar-refractivity contribution in [2.24, 2.45) is 0 Å². The molecule has 1 aliphatic rings. The van der Waals surface area contributed by atoms with Crippen LogP contribution in [0.4, 0.5) is 4.39 Å². The molecule has 0 radical (unpaired) electrons. The average molecular weight is 384 g/mol. The van der Waals surface area contributed by atoms with E-state index in [0.717, 1.165) is 22.2 Å². The van der Waals surface area contributed by atoms with Crippen LogP contribution < -0.4 is 14.2 Å². The van der Waals surface area contributed by atoms with Gasteiger partial charge >= 0.3 is 0 Å². The largest absolute Gasteiger partial charge is 0.493 e. The number of H-pyrrole nitrogens is 1. The van der Waals surface area contributed by atoms with Crippen LogP contribution in [0.15, 0.2) is 30.3 Å². The zero-order valence-electron chi connectivity index (χ0n) is 16.0. The van der Waals surface area contributed by atoms with Crippen LogP contribution in [0.2, 0.25) is 0 Å². The highest BCUT2D eigenvalue weighted by Crippen LogP contribution is 2.39. The minimum absolute atomic E-state index is 0.130. The Morgan fingerprint density at radius 3 is 2.43 bits per heavy atom. The van der Waals surface area contributed by atoms with Crippen molar-refractivity contribution in [2.45, 2.75) is 13.0 Å². The number of benzene rings is 2. The van der Waals surface area contributed by atoms with Gasteiger partial charge in [-0.2, -0.15) is 0 Å². The van der Waals surface area contributed by atoms with Gasteiger partial charge in [-0.05, 0) is 42.3 Å². The first-order valence-electron chi connectivity index (χ1n) is 8.94. The maximum absolute atomic E-state index is 13.6. The van der Waals surface area contributed by atoms with Crippen LogP contribution in [0.5, 0.6) is 17.2 Å². The third-order valence-corrected chi connectivity index (χ3v) is 5.14. The van der Waals surface area contributed by atoms with E-state index in [0.29, 0.717) is 42.3 Å². The molecule has 2 heterocycles. The fourth-order valence-electron chi connectivity index (χ4n) is 3.77. The molecule has 0 saturated carbocycles. The highest BCUT2D eigenvalue weighted by Gasteiger charge is 2.26. The zero-order valence-corrected chi connectivity index (χ0v) is 16.0. The maximum atomic E-state index is 13.6. The third-order valence-electron chi connectivity index (χ3n) is 5.14. The van der Waals surface area contributed by atoms with Gasteiger partial charge in [0.15, 0.2) is 11.5 Å². The Bertz CT molecular complexity index is 1030. The molecule has 2 aromatic carbocycles. The van der Waals surface area contributed by atoms with Crippen molar-refractivity contribution in [3.8, 4) is 17.2 Å². The fourth-order valence-corrected chi connectivity index (χ4v) is 3.77. The Morgan fingerprint density at radius 1 is 1.07 bits per heavy atom. The molecular weight excluding hydrogens is 363 g/mol. The fraction of sp³-hybridized carbons (Fsp3) is 0.286. The van der Waals surface area contributed by atoms with E-state index in [1.165, 1.54) is 27.4 Å². The van der Waals surface area contributed by atoms with E-state index >= 15 is 0 Å². The van der Waals surface area contributed by atoms with Crippen molar-refractivity contribution < 1.29 is 23.4 Å². The quantitative estimate of drug-likeness (QED) is 0.748. The number of methoxy groups -OCH3 is 3. The molecule has 0 unspecified atom stereocenters. The van der Waals surface area contributed by atoms with Gasteiger partial charge < -0.3 is 24.1 Å². The number of aromatic nitrogens is 1. The number of fused-ring (bicyclic) bond motifs is 3. The lowest BCUT2D eigenvalue weighted by Gasteiger charge is -2.27. The Balaban J connectivity index is 1.66. The van der Waals surface area contributed by atoms with Crippen LogP contribution in [-0.4, -0.2) is 43.7 Å². The topological polar surface area (TPSA) is 63.8 Å². The second kappa shape index (κ2) is 7.07. The van der Waals surface area contributed by atoms with E-state index < -0.39 is 0 Å². The third kappa shape index (κ3) is 2.93. The molecular formula is C21H21FN2O4. The molecule has 0 saturated heterocycles. The first-order valence-corrected chi connectivity index (χ1v) is 8.94. The van der Waals surface area contributed by atoms with Gasteiger partial charge in [0.2, 0.25) is 5.75 Å². The van der Waals surface area contributed by atoms with Gasteiger partial charge in [-0.15, -0.1) is 0 Å². The minimum atomic E-state index is -0.259. The first kappa shape index (κ1) is 18.2. The van der Waals surface area contributed by atoms with Crippen LogP contribution in [0.25, 0.3) is 10.9 Å². The second-order valence-corrected chi connectivity index (χ2v) is 6.66. The molecule has 1 aromatic heterocycles. The van der Waals surface area contributed by atoms with Gasteiger partial charge in [0.25, 0.3) is 5.91 Å². The average Bonchev–Trinajstić information content (AvgIpc) is 3.08. The van der Waals surface area contributed by atoms with Crippen molar-refractivity contribution >= 4 is 16.8 Å². The van der Waals surface area contributed by atoms with Crippen molar-refractivity contribution in [2.75, 3.05) is 27.9 Å². The molecule has 7 heteroatoms. The summed E-state index contributed by atoms with van der Waals surface area (Å²) in [5, 5.41) is 0.884. The molecule has 3 aromatic rings. The lowest BCUT2D eigenvalue weighted by Crippen LogP contribution is -2.35. The lowest BCUT2D eigenvalue weighted by molar-refractivity contribution is 0.0732. The van der Waals surface area contributed by atoms with E-state index in [-0.39, 0.29) is 11.7 Å². The molecule has 0 aliphatic carbocycles. The minimum Gasteiger partial charge on any atom is -0.493 e. The van der Waals surface area contributed by atoms with Crippen molar-refractivity contribution in [3.05, 3.63) is 53.0 Å². The van der Waals surface area contributed by atoms with Crippen molar-refractivity contribution in [1.82, 2.24) is 9.88 Å². The molecule has 1 N–H and O–H groups in total. The van der Waals surface area contributed by atoms with E-state index in [2.05, 4.69) is 4.98 Å². The van der Waals surface area contributed by atoms with Gasteiger partial charge in [-0.25, -0.2) is 4.39 Å². The highest BCUT2D eigenvalue weighted by molar-refractivity contribution is 5.96. The number of hydrogen-bond acceptors (Lipinski definition) is 4. The van der Waals surface area contributed by atoms with Gasteiger partial charge in [-0.1, -0.05) is 0 Å². The first-order chi connectivity index (χ1) is 13.5. The van der Waals surface area contributed by atoms with Crippen LogP contribution >= 0.6 is 0 Å². The normalized spacial score (nSPS) is 13.4.